The number of rotatable bonds is 3. The van der Waals surface area contributed by atoms with Gasteiger partial charge in [0.25, 0.3) is 5.91 Å². The van der Waals surface area contributed by atoms with E-state index in [1.807, 2.05) is 6.07 Å². The molecule has 1 heterocycles. The van der Waals surface area contributed by atoms with E-state index < -0.39 is 5.91 Å². The summed E-state index contributed by atoms with van der Waals surface area (Å²) in [4.78, 5) is 16.3. The van der Waals surface area contributed by atoms with Gasteiger partial charge < -0.3 is 14.6 Å². The van der Waals surface area contributed by atoms with E-state index in [0.717, 1.165) is 8.04 Å². The summed E-state index contributed by atoms with van der Waals surface area (Å²) in [6.07, 6.45) is 0.620. The standard InChI is InChI=1S/C17H12BrClINO4/c18-9-5-13(19)16(14(20)6-9)25-11-1-2-15(22)12(7-11)17(23)21-10-3-4-24-8-10/h1-2,5-7,22H,3-4,8H2/b21-10+. The van der Waals surface area contributed by atoms with Crippen molar-refractivity contribution in [2.45, 2.75) is 6.42 Å². The van der Waals surface area contributed by atoms with Crippen molar-refractivity contribution in [3.63, 3.8) is 0 Å². The van der Waals surface area contributed by atoms with Crippen LogP contribution in [0.3, 0.4) is 0 Å². The maximum Gasteiger partial charge on any atom is 0.280 e. The van der Waals surface area contributed by atoms with Crippen LogP contribution in [0.1, 0.15) is 16.8 Å². The summed E-state index contributed by atoms with van der Waals surface area (Å²) in [6.45, 7) is 0.900. The Labute approximate surface area is 171 Å². The second-order valence-electron chi connectivity index (χ2n) is 5.27. The van der Waals surface area contributed by atoms with Crippen LogP contribution in [0.25, 0.3) is 0 Å². The van der Waals surface area contributed by atoms with Crippen LogP contribution in [0.15, 0.2) is 39.8 Å². The van der Waals surface area contributed by atoms with Gasteiger partial charge in [0.2, 0.25) is 0 Å². The summed E-state index contributed by atoms with van der Waals surface area (Å²) in [5.74, 6) is 0.175. The minimum absolute atomic E-state index is 0.0696. The van der Waals surface area contributed by atoms with Gasteiger partial charge in [-0.25, -0.2) is 4.99 Å². The Morgan fingerprint density at radius 3 is 2.84 bits per heavy atom. The van der Waals surface area contributed by atoms with Crippen molar-refractivity contribution >= 4 is 61.7 Å². The molecule has 0 aromatic heterocycles. The first-order valence-corrected chi connectivity index (χ1v) is 9.53. The molecule has 1 aliphatic heterocycles. The minimum atomic E-state index is -0.528. The van der Waals surface area contributed by atoms with Gasteiger partial charge in [-0.15, -0.1) is 0 Å². The van der Waals surface area contributed by atoms with Gasteiger partial charge in [0.1, 0.15) is 11.5 Å². The highest BCUT2D eigenvalue weighted by molar-refractivity contribution is 14.1. The summed E-state index contributed by atoms with van der Waals surface area (Å²) in [6, 6.07) is 7.99. The number of amides is 1. The van der Waals surface area contributed by atoms with Gasteiger partial charge in [-0.3, -0.25) is 4.79 Å². The number of carbonyl (C=O) groups excluding carboxylic acids is 1. The smallest absolute Gasteiger partial charge is 0.280 e. The number of phenols is 1. The van der Waals surface area contributed by atoms with Crippen LogP contribution >= 0.6 is 50.1 Å². The average Bonchev–Trinajstić information content (AvgIpc) is 3.05. The summed E-state index contributed by atoms with van der Waals surface area (Å²) < 4.78 is 12.6. The lowest BCUT2D eigenvalue weighted by atomic mass is 10.1. The first kappa shape index (κ1) is 18.6. The van der Waals surface area contributed by atoms with Crippen molar-refractivity contribution in [1.82, 2.24) is 0 Å². The molecule has 0 atom stereocenters. The maximum absolute atomic E-state index is 12.3. The van der Waals surface area contributed by atoms with Crippen molar-refractivity contribution in [2.75, 3.05) is 13.2 Å². The Balaban J connectivity index is 1.89. The largest absolute Gasteiger partial charge is 0.507 e. The second-order valence-corrected chi connectivity index (χ2v) is 7.75. The zero-order chi connectivity index (χ0) is 18.0. The van der Waals surface area contributed by atoms with Gasteiger partial charge in [0, 0.05) is 10.9 Å². The van der Waals surface area contributed by atoms with E-state index in [2.05, 4.69) is 43.5 Å². The molecule has 130 valence electrons. The Kier molecular flexibility index (Phi) is 5.98. The number of carbonyl (C=O) groups is 1. The molecule has 5 nitrogen and oxygen atoms in total. The van der Waals surface area contributed by atoms with Crippen LogP contribution in [0, 0.1) is 3.57 Å². The van der Waals surface area contributed by atoms with Gasteiger partial charge in [-0.1, -0.05) is 27.5 Å². The number of hydrogen-bond donors (Lipinski definition) is 1. The van der Waals surface area contributed by atoms with E-state index in [1.54, 1.807) is 12.1 Å². The van der Waals surface area contributed by atoms with Crippen LogP contribution in [0.4, 0.5) is 0 Å². The molecule has 1 aliphatic rings. The molecular formula is C17H12BrClINO4. The number of phenolic OH excluding ortho intramolecular Hbond substituents is 1. The molecule has 0 spiro atoms. The summed E-state index contributed by atoms with van der Waals surface area (Å²) in [7, 11) is 0. The highest BCUT2D eigenvalue weighted by atomic mass is 127. The molecule has 3 rings (SSSR count). The highest BCUT2D eigenvalue weighted by Gasteiger charge is 2.17. The molecule has 0 bridgehead atoms. The number of benzene rings is 2. The Bertz CT molecular complexity index is 841. The highest BCUT2D eigenvalue weighted by Crippen LogP contribution is 2.37. The fourth-order valence-corrected chi connectivity index (χ4v) is 4.41. The monoisotopic (exact) mass is 535 g/mol. The first-order chi connectivity index (χ1) is 11.9. The van der Waals surface area contributed by atoms with Gasteiger partial charge in [0.05, 0.1) is 33.1 Å². The molecule has 1 fully saturated rings. The van der Waals surface area contributed by atoms with Gasteiger partial charge >= 0.3 is 0 Å². The minimum Gasteiger partial charge on any atom is -0.507 e. The number of nitrogens with zero attached hydrogens (tertiary/aromatic N) is 1. The number of ether oxygens (including phenoxy) is 2. The fourth-order valence-electron chi connectivity index (χ4n) is 2.24. The first-order valence-electron chi connectivity index (χ1n) is 7.28. The number of aliphatic imine (C=N–C) groups is 1. The van der Waals surface area contributed by atoms with Crippen molar-refractivity contribution in [1.29, 1.82) is 0 Å². The Morgan fingerprint density at radius 2 is 2.16 bits per heavy atom. The normalized spacial score (nSPS) is 15.6. The third kappa shape index (κ3) is 4.52. The Morgan fingerprint density at radius 1 is 1.36 bits per heavy atom. The molecule has 25 heavy (non-hydrogen) atoms. The van der Waals surface area contributed by atoms with Gasteiger partial charge in [0.15, 0.2) is 5.75 Å². The molecule has 2 aromatic carbocycles. The summed E-state index contributed by atoms with van der Waals surface area (Å²) >= 11 is 11.7. The van der Waals surface area contributed by atoms with E-state index in [9.17, 15) is 9.90 Å². The van der Waals surface area contributed by atoms with E-state index in [1.165, 1.54) is 12.1 Å². The van der Waals surface area contributed by atoms with Crippen LogP contribution in [0.5, 0.6) is 17.2 Å². The molecule has 1 saturated heterocycles. The average molecular weight is 537 g/mol. The van der Waals surface area contributed by atoms with Crippen molar-refractivity contribution < 1.29 is 19.4 Å². The lowest BCUT2D eigenvalue weighted by Crippen LogP contribution is -2.04. The molecule has 0 unspecified atom stereocenters. The van der Waals surface area contributed by atoms with E-state index in [0.29, 0.717) is 41.9 Å². The molecule has 0 radical (unpaired) electrons. The van der Waals surface area contributed by atoms with Crippen LogP contribution < -0.4 is 4.74 Å². The number of hydrogen-bond acceptors (Lipinski definition) is 4. The molecule has 1 amide bonds. The van der Waals surface area contributed by atoms with Gasteiger partial charge in [-0.2, -0.15) is 0 Å². The SMILES string of the molecule is O=C(/N=C1\CCOC1)c1cc(Oc2c(Cl)cc(Br)cc2I)ccc1O. The zero-order valence-electron chi connectivity index (χ0n) is 12.8. The van der Waals surface area contributed by atoms with Crippen molar-refractivity contribution in [3.8, 4) is 17.2 Å². The third-order valence-corrected chi connectivity index (χ3v) is 4.98. The fraction of sp³-hybridized carbons (Fsp3) is 0.176. The molecule has 1 N–H and O–H groups in total. The summed E-state index contributed by atoms with van der Waals surface area (Å²) in [5.41, 5.74) is 0.737. The number of aromatic hydroxyl groups is 1. The van der Waals surface area contributed by atoms with E-state index in [-0.39, 0.29) is 11.3 Å². The number of halogens is 3. The third-order valence-electron chi connectivity index (χ3n) is 3.44. The predicted molar refractivity (Wildman–Crippen MR) is 107 cm³/mol. The topological polar surface area (TPSA) is 68.1 Å². The molecular weight excluding hydrogens is 524 g/mol. The van der Waals surface area contributed by atoms with Crippen molar-refractivity contribution in [2.24, 2.45) is 4.99 Å². The molecule has 0 saturated carbocycles. The van der Waals surface area contributed by atoms with E-state index in [4.69, 9.17) is 21.1 Å². The van der Waals surface area contributed by atoms with Crippen LogP contribution in [-0.2, 0) is 4.74 Å². The maximum atomic E-state index is 12.3. The van der Waals surface area contributed by atoms with Crippen LogP contribution in [0.2, 0.25) is 5.02 Å². The lowest BCUT2D eigenvalue weighted by molar-refractivity contribution is 0.0999. The van der Waals surface area contributed by atoms with Crippen LogP contribution in [-0.4, -0.2) is 29.9 Å². The van der Waals surface area contributed by atoms with Crippen molar-refractivity contribution in [3.05, 3.63) is 49.0 Å². The van der Waals surface area contributed by atoms with Gasteiger partial charge in [-0.05, 0) is 52.9 Å². The second kappa shape index (κ2) is 8.03. The quantitative estimate of drug-likeness (QED) is 0.548. The lowest BCUT2D eigenvalue weighted by Gasteiger charge is -2.11. The molecule has 2 aromatic rings. The Hall–Kier alpha value is -1.16. The summed E-state index contributed by atoms with van der Waals surface area (Å²) in [5, 5.41) is 10.4. The van der Waals surface area contributed by atoms with E-state index >= 15 is 0 Å². The zero-order valence-corrected chi connectivity index (χ0v) is 17.3. The molecule has 0 aliphatic carbocycles. The predicted octanol–water partition coefficient (Wildman–Crippen LogP) is 5.21. The molecule has 8 heteroatoms.